The van der Waals surface area contributed by atoms with Gasteiger partial charge in [0, 0.05) is 12.0 Å². The van der Waals surface area contributed by atoms with Crippen molar-refractivity contribution < 1.29 is 28.5 Å². The molecule has 0 saturated carbocycles. The molecule has 2 unspecified atom stereocenters. The largest absolute Gasteiger partial charge is 1.00 e. The fourth-order valence-corrected chi connectivity index (χ4v) is 2.87. The van der Waals surface area contributed by atoms with Crippen LogP contribution in [0.3, 0.4) is 0 Å². The number of halogens is 1. The maximum Gasteiger partial charge on any atom is 0.107 e. The Balaban J connectivity index is 0.00000144. The van der Waals surface area contributed by atoms with E-state index in [0.29, 0.717) is 6.04 Å². The molecule has 0 spiro atoms. The van der Waals surface area contributed by atoms with Gasteiger partial charge in [-0.05, 0) is 18.9 Å². The predicted octanol–water partition coefficient (Wildman–Crippen LogP) is 0.376. The van der Waals surface area contributed by atoms with Crippen LogP contribution in [0.2, 0.25) is 0 Å². The molecule has 1 heterocycles. The van der Waals surface area contributed by atoms with Crippen LogP contribution in [-0.4, -0.2) is 24.1 Å². The van der Waals surface area contributed by atoms with Crippen LogP contribution in [0, 0.1) is 0 Å². The van der Waals surface area contributed by atoms with Crippen LogP contribution in [0.15, 0.2) is 43.0 Å². The summed E-state index contributed by atoms with van der Waals surface area (Å²) in [6.07, 6.45) is 6.17. The van der Waals surface area contributed by atoms with Crippen LogP contribution >= 0.6 is 0 Å². The van der Waals surface area contributed by atoms with E-state index < -0.39 is 0 Å². The van der Waals surface area contributed by atoms with Crippen LogP contribution in [0.1, 0.15) is 24.8 Å². The number of likely N-dealkylation sites (tertiary alicyclic amines) is 1. The molecule has 1 aliphatic rings. The van der Waals surface area contributed by atoms with Crippen molar-refractivity contribution in [1.82, 2.24) is 0 Å². The van der Waals surface area contributed by atoms with E-state index in [9.17, 15) is 0 Å². The van der Waals surface area contributed by atoms with E-state index in [4.69, 9.17) is 0 Å². The van der Waals surface area contributed by atoms with Crippen LogP contribution in [0.25, 0.3) is 0 Å². The van der Waals surface area contributed by atoms with Crippen LogP contribution < -0.4 is 24.0 Å². The average Bonchev–Trinajstić information content (AvgIpc) is 2.30. The van der Waals surface area contributed by atoms with Gasteiger partial charge in [0.15, 0.2) is 0 Å². The Bertz CT molecular complexity index is 349. The van der Waals surface area contributed by atoms with E-state index in [1.165, 1.54) is 31.4 Å². The van der Waals surface area contributed by atoms with Gasteiger partial charge in [-0.25, -0.2) is 0 Å². The Kier molecular flexibility index (Phi) is 5.67. The molecule has 2 rings (SSSR count). The highest BCUT2D eigenvalue weighted by Crippen LogP contribution is 2.27. The van der Waals surface area contributed by atoms with Crippen molar-refractivity contribution in [2.75, 3.05) is 13.6 Å². The van der Waals surface area contributed by atoms with E-state index in [1.807, 2.05) is 0 Å². The summed E-state index contributed by atoms with van der Waals surface area (Å²) in [6, 6.07) is 11.5. The molecular formula is C15H22IN. The topological polar surface area (TPSA) is 0 Å². The molecule has 1 nitrogen and oxygen atoms in total. The lowest BCUT2D eigenvalue weighted by molar-refractivity contribution is -0.944. The normalized spacial score (nSPS) is 28.2. The lowest BCUT2D eigenvalue weighted by Crippen LogP contribution is -3.00. The van der Waals surface area contributed by atoms with Crippen LogP contribution in [0.5, 0.6) is 0 Å². The molecule has 2 heteroatoms. The second-order valence-electron chi connectivity index (χ2n) is 5.15. The summed E-state index contributed by atoms with van der Waals surface area (Å²) >= 11 is 0. The highest BCUT2D eigenvalue weighted by molar-refractivity contribution is 5.13. The Labute approximate surface area is 122 Å². The Morgan fingerprint density at radius 1 is 1.29 bits per heavy atom. The Hall–Kier alpha value is -0.350. The van der Waals surface area contributed by atoms with Crippen molar-refractivity contribution in [2.45, 2.75) is 31.8 Å². The molecule has 0 radical (unpaired) electrons. The second kappa shape index (κ2) is 6.55. The summed E-state index contributed by atoms with van der Waals surface area (Å²) in [6.45, 7) is 6.43. The fraction of sp³-hybridized carbons (Fsp3) is 0.467. The quantitative estimate of drug-likeness (QED) is 0.423. The SMILES string of the molecule is C=CC1CCCC[N+]1(C)Cc1ccccc1.[I-]. The zero-order valence-corrected chi connectivity index (χ0v) is 12.8. The summed E-state index contributed by atoms with van der Waals surface area (Å²) in [5, 5.41) is 0. The predicted molar refractivity (Wildman–Crippen MR) is 69.0 cm³/mol. The first-order chi connectivity index (χ1) is 7.74. The maximum atomic E-state index is 4.01. The summed E-state index contributed by atoms with van der Waals surface area (Å²) < 4.78 is 1.13. The molecule has 1 aromatic rings. The molecule has 1 saturated heterocycles. The molecule has 0 bridgehead atoms. The van der Waals surface area contributed by atoms with Gasteiger partial charge in [-0.15, -0.1) is 0 Å². The van der Waals surface area contributed by atoms with Gasteiger partial charge in [0.25, 0.3) is 0 Å². The molecule has 0 N–H and O–H groups in total. The molecular weight excluding hydrogens is 321 g/mol. The summed E-state index contributed by atoms with van der Waals surface area (Å²) in [5.41, 5.74) is 1.44. The van der Waals surface area contributed by atoms with Gasteiger partial charge < -0.3 is 28.5 Å². The van der Waals surface area contributed by atoms with E-state index in [2.05, 4.69) is 50.0 Å². The van der Waals surface area contributed by atoms with Crippen molar-refractivity contribution in [3.05, 3.63) is 48.6 Å². The molecule has 1 aromatic carbocycles. The average molecular weight is 343 g/mol. The van der Waals surface area contributed by atoms with Crippen molar-refractivity contribution in [3.63, 3.8) is 0 Å². The van der Waals surface area contributed by atoms with Gasteiger partial charge in [-0.1, -0.05) is 36.9 Å². The molecule has 0 aromatic heterocycles. The molecule has 0 aliphatic carbocycles. The summed E-state index contributed by atoms with van der Waals surface area (Å²) in [7, 11) is 2.37. The zero-order chi connectivity index (χ0) is 11.4. The van der Waals surface area contributed by atoms with Gasteiger partial charge >= 0.3 is 0 Å². The first kappa shape index (κ1) is 14.7. The molecule has 0 amide bonds. The molecule has 94 valence electrons. The lowest BCUT2D eigenvalue weighted by Gasteiger charge is -2.43. The van der Waals surface area contributed by atoms with Gasteiger partial charge in [-0.3, -0.25) is 0 Å². The minimum Gasteiger partial charge on any atom is -1.00 e. The fourth-order valence-electron chi connectivity index (χ4n) is 2.87. The van der Waals surface area contributed by atoms with E-state index in [-0.39, 0.29) is 24.0 Å². The van der Waals surface area contributed by atoms with Crippen molar-refractivity contribution in [1.29, 1.82) is 0 Å². The smallest absolute Gasteiger partial charge is 0.107 e. The number of hydrogen-bond acceptors (Lipinski definition) is 0. The number of hydrogen-bond donors (Lipinski definition) is 0. The third-order valence-corrected chi connectivity index (χ3v) is 3.88. The van der Waals surface area contributed by atoms with E-state index >= 15 is 0 Å². The van der Waals surface area contributed by atoms with Gasteiger partial charge in [0.05, 0.1) is 13.6 Å². The van der Waals surface area contributed by atoms with Crippen LogP contribution in [-0.2, 0) is 6.54 Å². The zero-order valence-electron chi connectivity index (χ0n) is 10.6. The Morgan fingerprint density at radius 3 is 2.65 bits per heavy atom. The van der Waals surface area contributed by atoms with Gasteiger partial charge in [0.1, 0.15) is 12.6 Å². The minimum absolute atomic E-state index is 0. The lowest BCUT2D eigenvalue weighted by atomic mass is 9.98. The highest BCUT2D eigenvalue weighted by atomic mass is 127. The first-order valence-corrected chi connectivity index (χ1v) is 6.25. The summed E-state index contributed by atoms with van der Waals surface area (Å²) in [5.74, 6) is 0. The third-order valence-electron chi connectivity index (χ3n) is 3.88. The number of quaternary nitrogens is 1. The van der Waals surface area contributed by atoms with E-state index in [0.717, 1.165) is 11.0 Å². The second-order valence-corrected chi connectivity index (χ2v) is 5.15. The minimum atomic E-state index is 0. The molecule has 1 fully saturated rings. The molecule has 17 heavy (non-hydrogen) atoms. The number of benzene rings is 1. The van der Waals surface area contributed by atoms with Crippen molar-refractivity contribution >= 4 is 0 Å². The van der Waals surface area contributed by atoms with Gasteiger partial charge in [0.2, 0.25) is 0 Å². The Morgan fingerprint density at radius 2 is 2.00 bits per heavy atom. The monoisotopic (exact) mass is 343 g/mol. The highest BCUT2D eigenvalue weighted by Gasteiger charge is 2.33. The number of rotatable bonds is 3. The van der Waals surface area contributed by atoms with Crippen molar-refractivity contribution in [3.8, 4) is 0 Å². The molecule has 2 atom stereocenters. The van der Waals surface area contributed by atoms with Gasteiger partial charge in [-0.2, -0.15) is 0 Å². The number of nitrogens with zero attached hydrogens (tertiary/aromatic N) is 1. The first-order valence-electron chi connectivity index (χ1n) is 6.25. The summed E-state index contributed by atoms with van der Waals surface area (Å²) in [4.78, 5) is 0. The van der Waals surface area contributed by atoms with E-state index in [1.54, 1.807) is 0 Å². The maximum absolute atomic E-state index is 4.01. The number of likely N-dealkylation sites (N-methyl/N-ethyl adjacent to an activating group) is 1. The number of piperidine rings is 1. The van der Waals surface area contributed by atoms with Crippen LogP contribution in [0.4, 0.5) is 0 Å². The standard InChI is InChI=1S/C15H22N.HI/c1-3-15-11-7-8-12-16(15,2)13-14-9-5-4-6-10-14;/h3-6,9-10,15H,1,7-8,11-13H2,2H3;1H/q+1;/p-1. The molecule has 1 aliphatic heterocycles. The third kappa shape index (κ3) is 3.55. The van der Waals surface area contributed by atoms with Crippen molar-refractivity contribution in [2.24, 2.45) is 0 Å².